The highest BCUT2D eigenvalue weighted by Crippen LogP contribution is 2.26. The van der Waals surface area contributed by atoms with Crippen LogP contribution in [0.15, 0.2) is 19.6 Å². The molecule has 2 unspecified atom stereocenters. The fourth-order valence-electron chi connectivity index (χ4n) is 1.10. The average molecular weight is 341 g/mol. The lowest BCUT2D eigenvalue weighted by molar-refractivity contribution is 0.205. The van der Waals surface area contributed by atoms with E-state index in [1.165, 1.54) is 0 Å². The molecule has 2 N–H and O–H groups in total. The van der Waals surface area contributed by atoms with Crippen molar-refractivity contribution in [3.8, 4) is 0 Å². The number of hydrogen-bond donors (Lipinski definition) is 2. The maximum atomic E-state index is 8.97. The summed E-state index contributed by atoms with van der Waals surface area (Å²) in [6.45, 7) is 4.91. The molecular formula is C10H15Br2NO2. The second kappa shape index (κ2) is 6.03. The zero-order chi connectivity index (χ0) is 11.4. The smallest absolute Gasteiger partial charge is 0.183 e. The number of aliphatic hydroxyl groups excluding tert-OH is 1. The molecule has 0 aromatic carbocycles. The van der Waals surface area contributed by atoms with E-state index in [0.29, 0.717) is 11.2 Å². The van der Waals surface area contributed by atoms with Gasteiger partial charge < -0.3 is 14.8 Å². The van der Waals surface area contributed by atoms with Crippen LogP contribution in [0.3, 0.4) is 0 Å². The highest BCUT2D eigenvalue weighted by molar-refractivity contribution is 9.13. The molecule has 1 aromatic heterocycles. The third-order valence-electron chi connectivity index (χ3n) is 2.44. The van der Waals surface area contributed by atoms with Crippen molar-refractivity contribution in [2.75, 3.05) is 6.61 Å². The van der Waals surface area contributed by atoms with Crippen LogP contribution in [0.5, 0.6) is 0 Å². The summed E-state index contributed by atoms with van der Waals surface area (Å²) in [5, 5.41) is 12.3. The number of furan rings is 1. The van der Waals surface area contributed by atoms with E-state index in [2.05, 4.69) is 37.2 Å². The fourth-order valence-corrected chi connectivity index (χ4v) is 1.76. The van der Waals surface area contributed by atoms with Crippen molar-refractivity contribution in [3.63, 3.8) is 0 Å². The largest absolute Gasteiger partial charge is 0.452 e. The minimum atomic E-state index is 0.194. The molecule has 0 spiro atoms. The van der Waals surface area contributed by atoms with E-state index in [9.17, 15) is 0 Å². The second-order valence-corrected chi connectivity index (χ2v) is 5.24. The standard InChI is InChI=1S/C10H15Br2NO2/c1-6(5-14)7(2)13-4-8-3-9(11)10(12)15-8/h3,6-7,13-14H,4-5H2,1-2H3. The molecule has 3 nitrogen and oxygen atoms in total. The van der Waals surface area contributed by atoms with Crippen LogP contribution >= 0.6 is 31.9 Å². The maximum Gasteiger partial charge on any atom is 0.183 e. The van der Waals surface area contributed by atoms with E-state index in [-0.39, 0.29) is 18.6 Å². The molecule has 0 aliphatic rings. The molecule has 0 radical (unpaired) electrons. The monoisotopic (exact) mass is 339 g/mol. The Hall–Kier alpha value is 0.160. The van der Waals surface area contributed by atoms with Gasteiger partial charge in [-0.2, -0.15) is 0 Å². The average Bonchev–Trinajstić information content (AvgIpc) is 2.54. The molecule has 0 bridgehead atoms. The van der Waals surface area contributed by atoms with Crippen LogP contribution < -0.4 is 5.32 Å². The van der Waals surface area contributed by atoms with Crippen molar-refractivity contribution in [2.24, 2.45) is 5.92 Å². The van der Waals surface area contributed by atoms with Crippen LogP contribution in [-0.2, 0) is 6.54 Å². The lowest BCUT2D eigenvalue weighted by atomic mass is 10.1. The zero-order valence-corrected chi connectivity index (χ0v) is 11.9. The van der Waals surface area contributed by atoms with Crippen LogP contribution in [0, 0.1) is 5.92 Å². The van der Waals surface area contributed by atoms with Crippen molar-refractivity contribution in [2.45, 2.75) is 26.4 Å². The molecule has 2 atom stereocenters. The Bertz CT molecular complexity index is 295. The molecule has 0 fully saturated rings. The number of rotatable bonds is 5. The number of nitrogens with one attached hydrogen (secondary N) is 1. The molecule has 0 aliphatic carbocycles. The summed E-state index contributed by atoms with van der Waals surface area (Å²) in [7, 11) is 0. The van der Waals surface area contributed by atoms with Gasteiger partial charge in [-0.3, -0.25) is 0 Å². The van der Waals surface area contributed by atoms with Gasteiger partial charge >= 0.3 is 0 Å². The first-order valence-electron chi connectivity index (χ1n) is 4.82. The molecule has 5 heteroatoms. The van der Waals surface area contributed by atoms with Gasteiger partial charge in [-0.1, -0.05) is 6.92 Å². The molecule has 0 aliphatic heterocycles. The first-order valence-corrected chi connectivity index (χ1v) is 6.41. The van der Waals surface area contributed by atoms with Crippen molar-refractivity contribution in [1.29, 1.82) is 0 Å². The van der Waals surface area contributed by atoms with Crippen LogP contribution in [0.2, 0.25) is 0 Å². The van der Waals surface area contributed by atoms with Gasteiger partial charge in [0.15, 0.2) is 4.67 Å². The molecule has 1 rings (SSSR count). The molecule has 15 heavy (non-hydrogen) atoms. The summed E-state index contributed by atoms with van der Waals surface area (Å²) in [6.07, 6.45) is 0. The van der Waals surface area contributed by atoms with Gasteiger partial charge in [-0.05, 0) is 50.8 Å². The van der Waals surface area contributed by atoms with Crippen molar-refractivity contribution >= 4 is 31.9 Å². The Morgan fingerprint density at radius 2 is 2.13 bits per heavy atom. The maximum absolute atomic E-state index is 8.97. The summed E-state index contributed by atoms with van der Waals surface area (Å²) in [5.41, 5.74) is 0. The minimum absolute atomic E-state index is 0.194. The first-order chi connectivity index (χ1) is 7.04. The lowest BCUT2D eigenvalue weighted by Gasteiger charge is -2.18. The SMILES string of the molecule is CC(CO)C(C)NCc1cc(Br)c(Br)o1. The van der Waals surface area contributed by atoms with E-state index in [1.54, 1.807) is 0 Å². The quantitative estimate of drug-likeness (QED) is 0.866. The van der Waals surface area contributed by atoms with Gasteiger partial charge in [0.25, 0.3) is 0 Å². The fraction of sp³-hybridized carbons (Fsp3) is 0.600. The van der Waals surface area contributed by atoms with E-state index in [1.807, 2.05) is 19.9 Å². The van der Waals surface area contributed by atoms with Gasteiger partial charge in [0, 0.05) is 12.6 Å². The predicted octanol–water partition coefficient (Wildman–Crippen LogP) is 2.91. The molecular weight excluding hydrogens is 326 g/mol. The summed E-state index contributed by atoms with van der Waals surface area (Å²) in [4.78, 5) is 0. The van der Waals surface area contributed by atoms with Crippen LogP contribution in [0.25, 0.3) is 0 Å². The van der Waals surface area contributed by atoms with Crippen molar-refractivity contribution in [1.82, 2.24) is 5.32 Å². The van der Waals surface area contributed by atoms with Crippen LogP contribution in [-0.4, -0.2) is 17.8 Å². The third-order valence-corrected chi connectivity index (χ3v) is 4.15. The topological polar surface area (TPSA) is 45.4 Å². The molecule has 86 valence electrons. The molecule has 0 saturated carbocycles. The van der Waals surface area contributed by atoms with E-state index in [4.69, 9.17) is 9.52 Å². The van der Waals surface area contributed by atoms with Gasteiger partial charge in [-0.15, -0.1) is 0 Å². The Morgan fingerprint density at radius 1 is 1.47 bits per heavy atom. The highest BCUT2D eigenvalue weighted by Gasteiger charge is 2.12. The predicted molar refractivity (Wildman–Crippen MR) is 66.7 cm³/mol. The second-order valence-electron chi connectivity index (χ2n) is 3.66. The summed E-state index contributed by atoms with van der Waals surface area (Å²) < 4.78 is 7.05. The number of hydrogen-bond acceptors (Lipinski definition) is 3. The zero-order valence-electron chi connectivity index (χ0n) is 8.76. The Balaban J connectivity index is 2.43. The van der Waals surface area contributed by atoms with Crippen molar-refractivity contribution in [3.05, 3.63) is 21.0 Å². The Kier molecular flexibility index (Phi) is 5.32. The van der Waals surface area contributed by atoms with Gasteiger partial charge in [0.05, 0.1) is 11.0 Å². The van der Waals surface area contributed by atoms with E-state index in [0.717, 1.165) is 10.2 Å². The highest BCUT2D eigenvalue weighted by atomic mass is 79.9. The Morgan fingerprint density at radius 3 is 2.60 bits per heavy atom. The lowest BCUT2D eigenvalue weighted by Crippen LogP contribution is -2.33. The van der Waals surface area contributed by atoms with Gasteiger partial charge in [-0.25, -0.2) is 0 Å². The molecule has 0 saturated heterocycles. The van der Waals surface area contributed by atoms with Gasteiger partial charge in [0.2, 0.25) is 0 Å². The van der Waals surface area contributed by atoms with Crippen LogP contribution in [0.1, 0.15) is 19.6 Å². The molecule has 0 amide bonds. The third kappa shape index (κ3) is 3.90. The molecule has 1 heterocycles. The molecule has 1 aromatic rings. The summed E-state index contributed by atoms with van der Waals surface area (Å²) >= 11 is 6.64. The minimum Gasteiger partial charge on any atom is -0.452 e. The van der Waals surface area contributed by atoms with E-state index >= 15 is 0 Å². The first kappa shape index (κ1) is 13.2. The summed E-state index contributed by atoms with van der Waals surface area (Å²) in [6, 6.07) is 2.19. The Labute approximate surface area is 106 Å². The normalized spacial score (nSPS) is 15.3. The van der Waals surface area contributed by atoms with E-state index < -0.39 is 0 Å². The van der Waals surface area contributed by atoms with Crippen LogP contribution in [0.4, 0.5) is 0 Å². The summed E-state index contributed by atoms with van der Waals surface area (Å²) in [5.74, 6) is 1.11. The van der Waals surface area contributed by atoms with Crippen molar-refractivity contribution < 1.29 is 9.52 Å². The van der Waals surface area contributed by atoms with Gasteiger partial charge in [0.1, 0.15) is 5.76 Å². The number of halogens is 2. The number of aliphatic hydroxyl groups is 1.